The SMILES string of the molecule is NCC1CCCCCC1Oc1ccccc1Cl. The number of hydrogen-bond donors (Lipinski definition) is 1. The van der Waals surface area contributed by atoms with E-state index in [-0.39, 0.29) is 6.10 Å². The molecular weight excluding hydrogens is 234 g/mol. The monoisotopic (exact) mass is 253 g/mol. The number of nitrogens with two attached hydrogens (primary N) is 1. The van der Waals surface area contributed by atoms with Crippen molar-refractivity contribution >= 4 is 11.6 Å². The van der Waals surface area contributed by atoms with Gasteiger partial charge < -0.3 is 10.5 Å². The molecule has 0 aromatic heterocycles. The molecule has 0 bridgehead atoms. The summed E-state index contributed by atoms with van der Waals surface area (Å²) in [5, 5.41) is 0.688. The molecule has 17 heavy (non-hydrogen) atoms. The first-order valence-electron chi connectivity index (χ1n) is 6.42. The predicted octanol–water partition coefficient (Wildman–Crippen LogP) is 3.63. The van der Waals surface area contributed by atoms with Crippen LogP contribution in [-0.2, 0) is 0 Å². The Bertz CT molecular complexity index is 356. The highest BCUT2D eigenvalue weighted by atomic mass is 35.5. The lowest BCUT2D eigenvalue weighted by atomic mass is 9.97. The van der Waals surface area contributed by atoms with Crippen molar-refractivity contribution in [3.63, 3.8) is 0 Å². The second kappa shape index (κ2) is 6.27. The molecule has 1 saturated carbocycles. The zero-order chi connectivity index (χ0) is 12.1. The first-order valence-corrected chi connectivity index (χ1v) is 6.80. The molecule has 0 heterocycles. The third-order valence-electron chi connectivity index (χ3n) is 3.51. The molecule has 2 N–H and O–H groups in total. The second-order valence-electron chi connectivity index (χ2n) is 4.72. The average molecular weight is 254 g/mol. The molecule has 1 aromatic carbocycles. The quantitative estimate of drug-likeness (QED) is 0.835. The van der Waals surface area contributed by atoms with Gasteiger partial charge in [0.15, 0.2) is 0 Å². The molecule has 0 saturated heterocycles. The summed E-state index contributed by atoms with van der Waals surface area (Å²) in [7, 11) is 0. The summed E-state index contributed by atoms with van der Waals surface area (Å²) in [6.45, 7) is 0.703. The summed E-state index contributed by atoms with van der Waals surface area (Å²) in [6.07, 6.45) is 6.27. The highest BCUT2D eigenvalue weighted by Crippen LogP contribution is 2.30. The zero-order valence-electron chi connectivity index (χ0n) is 10.1. The van der Waals surface area contributed by atoms with Crippen molar-refractivity contribution in [3.05, 3.63) is 29.3 Å². The number of ether oxygens (including phenoxy) is 1. The lowest BCUT2D eigenvalue weighted by molar-refractivity contribution is 0.130. The molecule has 0 spiro atoms. The average Bonchev–Trinajstić information content (AvgIpc) is 2.57. The van der Waals surface area contributed by atoms with Crippen LogP contribution in [0.5, 0.6) is 5.75 Å². The summed E-state index contributed by atoms with van der Waals surface area (Å²) in [4.78, 5) is 0. The molecule has 0 radical (unpaired) electrons. The third-order valence-corrected chi connectivity index (χ3v) is 3.82. The van der Waals surface area contributed by atoms with Crippen LogP contribution in [0, 0.1) is 5.92 Å². The maximum atomic E-state index is 6.12. The molecule has 0 amide bonds. The summed E-state index contributed by atoms with van der Waals surface area (Å²) < 4.78 is 6.06. The largest absolute Gasteiger partial charge is 0.489 e. The standard InChI is InChI=1S/C14H20ClNO/c15-12-7-4-5-9-14(12)17-13-8-3-1-2-6-11(13)10-16/h4-5,7,9,11,13H,1-3,6,8,10,16H2. The molecule has 1 fully saturated rings. The van der Waals surface area contributed by atoms with Crippen molar-refractivity contribution in [2.75, 3.05) is 6.54 Å². The number of para-hydroxylation sites is 1. The Labute approximate surface area is 108 Å². The van der Waals surface area contributed by atoms with Gasteiger partial charge in [0.25, 0.3) is 0 Å². The lowest BCUT2D eigenvalue weighted by Crippen LogP contribution is -2.31. The molecular formula is C14H20ClNO. The molecule has 0 aliphatic heterocycles. The van der Waals surface area contributed by atoms with E-state index in [1.807, 2.05) is 24.3 Å². The minimum absolute atomic E-state index is 0.224. The molecule has 2 rings (SSSR count). The summed E-state index contributed by atoms with van der Waals surface area (Å²) in [6, 6.07) is 7.67. The van der Waals surface area contributed by atoms with Gasteiger partial charge >= 0.3 is 0 Å². The first kappa shape index (κ1) is 12.7. The van der Waals surface area contributed by atoms with Crippen LogP contribution in [0.1, 0.15) is 32.1 Å². The Morgan fingerprint density at radius 1 is 1.18 bits per heavy atom. The van der Waals surface area contributed by atoms with Gasteiger partial charge in [0, 0.05) is 5.92 Å². The summed E-state index contributed by atoms with van der Waals surface area (Å²) >= 11 is 6.12. The lowest BCUT2D eigenvalue weighted by Gasteiger charge is -2.25. The van der Waals surface area contributed by atoms with Gasteiger partial charge in [0.05, 0.1) is 5.02 Å². The van der Waals surface area contributed by atoms with Gasteiger partial charge in [0.1, 0.15) is 11.9 Å². The normalized spacial score (nSPS) is 25.3. The van der Waals surface area contributed by atoms with Crippen molar-refractivity contribution < 1.29 is 4.74 Å². The van der Waals surface area contributed by atoms with E-state index in [1.165, 1.54) is 25.7 Å². The van der Waals surface area contributed by atoms with Crippen LogP contribution in [0.3, 0.4) is 0 Å². The van der Waals surface area contributed by atoms with Crippen molar-refractivity contribution in [2.24, 2.45) is 11.7 Å². The van der Waals surface area contributed by atoms with Crippen molar-refractivity contribution in [1.29, 1.82) is 0 Å². The maximum Gasteiger partial charge on any atom is 0.138 e. The predicted molar refractivity (Wildman–Crippen MR) is 71.5 cm³/mol. The van der Waals surface area contributed by atoms with Crippen LogP contribution in [0.25, 0.3) is 0 Å². The smallest absolute Gasteiger partial charge is 0.138 e. The molecule has 1 aliphatic rings. The fraction of sp³-hybridized carbons (Fsp3) is 0.571. The van der Waals surface area contributed by atoms with Gasteiger partial charge in [-0.25, -0.2) is 0 Å². The van der Waals surface area contributed by atoms with Gasteiger partial charge in [-0.05, 0) is 37.9 Å². The highest BCUT2D eigenvalue weighted by Gasteiger charge is 2.24. The molecule has 94 valence electrons. The Balaban J connectivity index is 2.07. The molecule has 1 aromatic rings. The van der Waals surface area contributed by atoms with E-state index in [2.05, 4.69) is 0 Å². The number of rotatable bonds is 3. The number of halogens is 1. The molecule has 2 atom stereocenters. The van der Waals surface area contributed by atoms with Crippen molar-refractivity contribution in [2.45, 2.75) is 38.2 Å². The third kappa shape index (κ3) is 3.36. The first-order chi connectivity index (χ1) is 8.31. The Morgan fingerprint density at radius 2 is 1.94 bits per heavy atom. The molecule has 3 heteroatoms. The molecule has 2 unspecified atom stereocenters. The van der Waals surface area contributed by atoms with Crippen LogP contribution in [0.15, 0.2) is 24.3 Å². The minimum atomic E-state index is 0.224. The highest BCUT2D eigenvalue weighted by molar-refractivity contribution is 6.32. The van der Waals surface area contributed by atoms with Crippen LogP contribution in [0.2, 0.25) is 5.02 Å². The second-order valence-corrected chi connectivity index (χ2v) is 5.13. The Morgan fingerprint density at radius 3 is 2.71 bits per heavy atom. The zero-order valence-corrected chi connectivity index (χ0v) is 10.8. The maximum absolute atomic E-state index is 6.12. The van der Waals surface area contributed by atoms with E-state index in [9.17, 15) is 0 Å². The van der Waals surface area contributed by atoms with Gasteiger partial charge in [-0.3, -0.25) is 0 Å². The van der Waals surface area contributed by atoms with E-state index in [4.69, 9.17) is 22.1 Å². The van der Waals surface area contributed by atoms with Crippen molar-refractivity contribution in [1.82, 2.24) is 0 Å². The van der Waals surface area contributed by atoms with Crippen molar-refractivity contribution in [3.8, 4) is 5.75 Å². The van der Waals surface area contributed by atoms with E-state index in [0.717, 1.165) is 12.2 Å². The van der Waals surface area contributed by atoms with Gasteiger partial charge in [-0.2, -0.15) is 0 Å². The van der Waals surface area contributed by atoms with Crippen LogP contribution < -0.4 is 10.5 Å². The fourth-order valence-electron chi connectivity index (χ4n) is 2.48. The topological polar surface area (TPSA) is 35.2 Å². The number of hydrogen-bond acceptors (Lipinski definition) is 2. The molecule has 2 nitrogen and oxygen atoms in total. The summed E-state index contributed by atoms with van der Waals surface area (Å²) in [5.41, 5.74) is 5.84. The summed E-state index contributed by atoms with van der Waals surface area (Å²) in [5.74, 6) is 1.26. The Kier molecular flexibility index (Phi) is 4.69. The van der Waals surface area contributed by atoms with E-state index >= 15 is 0 Å². The fourth-order valence-corrected chi connectivity index (χ4v) is 2.66. The molecule has 1 aliphatic carbocycles. The van der Waals surface area contributed by atoms with Gasteiger partial charge in [-0.1, -0.05) is 36.6 Å². The van der Waals surface area contributed by atoms with Crippen LogP contribution in [0.4, 0.5) is 0 Å². The van der Waals surface area contributed by atoms with E-state index < -0.39 is 0 Å². The minimum Gasteiger partial charge on any atom is -0.489 e. The van der Waals surface area contributed by atoms with Gasteiger partial charge in [0.2, 0.25) is 0 Å². The van der Waals surface area contributed by atoms with Gasteiger partial charge in [-0.15, -0.1) is 0 Å². The van der Waals surface area contributed by atoms with E-state index in [0.29, 0.717) is 17.5 Å². The Hall–Kier alpha value is -0.730. The number of benzene rings is 1. The van der Waals surface area contributed by atoms with Crippen LogP contribution >= 0.6 is 11.6 Å². The van der Waals surface area contributed by atoms with Crippen LogP contribution in [-0.4, -0.2) is 12.6 Å². The van der Waals surface area contributed by atoms with E-state index in [1.54, 1.807) is 0 Å².